The van der Waals surface area contributed by atoms with Crippen LogP contribution in [0.25, 0.3) is 10.9 Å². The van der Waals surface area contributed by atoms with Crippen molar-refractivity contribution in [2.75, 3.05) is 24.8 Å². The molecule has 0 saturated carbocycles. The second-order valence-corrected chi connectivity index (χ2v) is 8.59. The summed E-state index contributed by atoms with van der Waals surface area (Å²) >= 11 is 0. The van der Waals surface area contributed by atoms with Crippen LogP contribution < -0.4 is 19.9 Å². The van der Waals surface area contributed by atoms with E-state index in [4.69, 9.17) is 14.6 Å². The maximum absolute atomic E-state index is 14.3. The molecular formula is C20H23FN4O5S. The Labute approximate surface area is 179 Å². The number of aromatic nitrogens is 2. The van der Waals surface area contributed by atoms with Crippen molar-refractivity contribution < 1.29 is 27.4 Å². The molecule has 4 N–H and O–H groups in total. The van der Waals surface area contributed by atoms with Crippen LogP contribution in [-0.2, 0) is 10.0 Å². The summed E-state index contributed by atoms with van der Waals surface area (Å²) in [4.78, 5) is 8.43. The van der Waals surface area contributed by atoms with Gasteiger partial charge in [0.05, 0.1) is 30.7 Å². The van der Waals surface area contributed by atoms with Gasteiger partial charge in [-0.2, -0.15) is 0 Å². The van der Waals surface area contributed by atoms with E-state index in [-0.39, 0.29) is 23.8 Å². The molecule has 31 heavy (non-hydrogen) atoms. The van der Waals surface area contributed by atoms with E-state index in [2.05, 4.69) is 15.3 Å². The van der Waals surface area contributed by atoms with Crippen LogP contribution in [0.5, 0.6) is 17.2 Å². The van der Waals surface area contributed by atoms with Crippen LogP contribution in [0.2, 0.25) is 0 Å². The van der Waals surface area contributed by atoms with Gasteiger partial charge in [-0.3, -0.25) is 0 Å². The minimum absolute atomic E-state index is 0.0436. The lowest BCUT2D eigenvalue weighted by atomic mass is 10.1. The molecule has 3 rings (SSSR count). The Hall–Kier alpha value is -3.18. The summed E-state index contributed by atoms with van der Waals surface area (Å²) in [6.07, 6.45) is 2.19. The van der Waals surface area contributed by atoms with Crippen molar-refractivity contribution in [1.29, 1.82) is 0 Å². The third kappa shape index (κ3) is 5.50. The molecular weight excluding hydrogens is 427 g/mol. The number of primary sulfonamides is 1. The maximum atomic E-state index is 14.3. The lowest BCUT2D eigenvalue weighted by Gasteiger charge is -2.15. The lowest BCUT2D eigenvalue weighted by molar-refractivity contribution is 0.289. The zero-order valence-corrected chi connectivity index (χ0v) is 17.9. The molecule has 0 atom stereocenters. The highest BCUT2D eigenvalue weighted by Crippen LogP contribution is 2.36. The number of phenols is 1. The number of hydrogen-bond acceptors (Lipinski definition) is 8. The van der Waals surface area contributed by atoms with E-state index < -0.39 is 15.8 Å². The number of ether oxygens (including phenoxy) is 2. The van der Waals surface area contributed by atoms with Crippen LogP contribution in [0.1, 0.15) is 18.4 Å². The molecule has 0 bridgehead atoms. The molecule has 0 aliphatic carbocycles. The summed E-state index contributed by atoms with van der Waals surface area (Å²) in [5, 5.41) is 18.3. The average molecular weight is 450 g/mol. The molecule has 0 aliphatic heterocycles. The first-order chi connectivity index (χ1) is 14.7. The van der Waals surface area contributed by atoms with Gasteiger partial charge >= 0.3 is 0 Å². The number of nitrogens with one attached hydrogen (secondary N) is 1. The maximum Gasteiger partial charge on any atom is 0.209 e. The van der Waals surface area contributed by atoms with Crippen molar-refractivity contribution in [2.45, 2.75) is 19.8 Å². The highest BCUT2D eigenvalue weighted by atomic mass is 32.2. The summed E-state index contributed by atoms with van der Waals surface area (Å²) in [5.74, 6) is 0.472. The Morgan fingerprint density at radius 1 is 1.19 bits per heavy atom. The van der Waals surface area contributed by atoms with Gasteiger partial charge < -0.3 is 19.9 Å². The van der Waals surface area contributed by atoms with Crippen LogP contribution in [0.4, 0.5) is 15.9 Å². The Kier molecular flexibility index (Phi) is 6.76. The van der Waals surface area contributed by atoms with E-state index in [1.54, 1.807) is 19.1 Å². The Morgan fingerprint density at radius 3 is 2.68 bits per heavy atom. The Balaban J connectivity index is 1.86. The highest BCUT2D eigenvalue weighted by Gasteiger charge is 2.15. The summed E-state index contributed by atoms with van der Waals surface area (Å²) in [6, 6.07) is 5.76. The fourth-order valence-corrected chi connectivity index (χ4v) is 3.57. The van der Waals surface area contributed by atoms with Crippen LogP contribution in [0.15, 0.2) is 30.6 Å². The molecule has 0 spiro atoms. The predicted octanol–water partition coefficient (Wildman–Crippen LogP) is 2.98. The van der Waals surface area contributed by atoms with Crippen molar-refractivity contribution in [2.24, 2.45) is 5.14 Å². The van der Waals surface area contributed by atoms with Crippen molar-refractivity contribution in [3.05, 3.63) is 42.0 Å². The standard InChI is InChI=1S/C20H23FN4O5S/c1-12-16(26)6-5-14(21)19(12)25-20-13-9-17(29-2)18(10-15(13)23-11-24-20)30-7-3-4-8-31(22,27)28/h5-6,9-11,26H,3-4,7-8H2,1-2H3,(H2,22,27,28)(H,23,24,25). The molecule has 0 radical (unpaired) electrons. The van der Waals surface area contributed by atoms with Gasteiger partial charge in [0.1, 0.15) is 23.7 Å². The Morgan fingerprint density at radius 2 is 1.97 bits per heavy atom. The summed E-state index contributed by atoms with van der Waals surface area (Å²) in [7, 11) is -2.02. The van der Waals surface area contributed by atoms with Crippen molar-refractivity contribution in [3.8, 4) is 17.2 Å². The number of aromatic hydroxyl groups is 1. The van der Waals surface area contributed by atoms with E-state index in [0.717, 1.165) is 6.07 Å². The summed E-state index contributed by atoms with van der Waals surface area (Å²) < 4.78 is 47.4. The van der Waals surface area contributed by atoms with Gasteiger partial charge in [-0.15, -0.1) is 0 Å². The van der Waals surface area contributed by atoms with Crippen LogP contribution in [0, 0.1) is 12.7 Å². The molecule has 1 aromatic heterocycles. The fraction of sp³-hybridized carbons (Fsp3) is 0.300. The Bertz CT molecular complexity index is 1200. The average Bonchev–Trinajstić information content (AvgIpc) is 2.72. The summed E-state index contributed by atoms with van der Waals surface area (Å²) in [5.41, 5.74) is 0.975. The molecule has 0 amide bonds. The second kappa shape index (κ2) is 9.31. The monoisotopic (exact) mass is 450 g/mol. The predicted molar refractivity (Wildman–Crippen MR) is 115 cm³/mol. The van der Waals surface area contributed by atoms with Gasteiger partial charge in [0, 0.05) is 17.0 Å². The number of sulfonamides is 1. The van der Waals surface area contributed by atoms with Crippen LogP contribution in [0.3, 0.4) is 0 Å². The van der Waals surface area contributed by atoms with E-state index in [1.165, 1.54) is 19.5 Å². The fourth-order valence-electron chi connectivity index (χ4n) is 2.96. The molecule has 0 saturated heterocycles. The first-order valence-electron chi connectivity index (χ1n) is 9.40. The van der Waals surface area contributed by atoms with Gasteiger partial charge in [0.25, 0.3) is 0 Å². The largest absolute Gasteiger partial charge is 0.508 e. The first-order valence-corrected chi connectivity index (χ1v) is 11.1. The van der Waals surface area contributed by atoms with Gasteiger partial charge in [-0.1, -0.05) is 0 Å². The zero-order valence-electron chi connectivity index (χ0n) is 17.1. The van der Waals surface area contributed by atoms with E-state index in [0.29, 0.717) is 46.6 Å². The molecule has 2 aromatic carbocycles. The minimum Gasteiger partial charge on any atom is -0.508 e. The molecule has 166 valence electrons. The number of nitrogens with two attached hydrogens (primary N) is 1. The smallest absolute Gasteiger partial charge is 0.209 e. The first kappa shape index (κ1) is 22.5. The number of nitrogens with zero attached hydrogens (tertiary/aromatic N) is 2. The molecule has 0 fully saturated rings. The van der Waals surface area contributed by atoms with Crippen molar-refractivity contribution in [1.82, 2.24) is 9.97 Å². The topological polar surface area (TPSA) is 137 Å². The third-order valence-corrected chi connectivity index (χ3v) is 5.49. The molecule has 11 heteroatoms. The third-order valence-electron chi connectivity index (χ3n) is 4.63. The molecule has 3 aromatic rings. The van der Waals surface area contributed by atoms with Crippen LogP contribution >= 0.6 is 0 Å². The van der Waals surface area contributed by atoms with Crippen molar-refractivity contribution in [3.63, 3.8) is 0 Å². The number of methoxy groups -OCH3 is 1. The number of benzene rings is 2. The summed E-state index contributed by atoms with van der Waals surface area (Å²) in [6.45, 7) is 1.85. The minimum atomic E-state index is -3.50. The van der Waals surface area contributed by atoms with Gasteiger partial charge in [0.2, 0.25) is 10.0 Å². The molecule has 0 unspecified atom stereocenters. The second-order valence-electron chi connectivity index (χ2n) is 6.86. The zero-order chi connectivity index (χ0) is 22.6. The van der Waals surface area contributed by atoms with Crippen molar-refractivity contribution >= 4 is 32.4 Å². The number of fused-ring (bicyclic) bond motifs is 1. The SMILES string of the molecule is COc1cc2c(Nc3c(F)ccc(O)c3C)ncnc2cc1OCCCCS(N)(=O)=O. The molecule has 1 heterocycles. The van der Waals surface area contributed by atoms with Gasteiger partial charge in [0.15, 0.2) is 11.5 Å². The van der Waals surface area contributed by atoms with E-state index >= 15 is 0 Å². The normalized spacial score (nSPS) is 11.5. The van der Waals surface area contributed by atoms with Crippen LogP contribution in [-0.4, -0.2) is 43.0 Å². The lowest BCUT2D eigenvalue weighted by Crippen LogP contribution is -2.16. The van der Waals surface area contributed by atoms with Gasteiger partial charge in [-0.05, 0) is 38.0 Å². The molecule has 9 nitrogen and oxygen atoms in total. The number of unbranched alkanes of at least 4 members (excludes halogenated alkanes) is 1. The highest BCUT2D eigenvalue weighted by molar-refractivity contribution is 7.89. The number of phenolic OH excluding ortho intramolecular Hbond substituents is 1. The number of anilines is 2. The van der Waals surface area contributed by atoms with E-state index in [1.807, 2.05) is 0 Å². The van der Waals surface area contributed by atoms with Gasteiger partial charge in [-0.25, -0.2) is 27.9 Å². The number of halogens is 1. The van der Waals surface area contributed by atoms with E-state index in [9.17, 15) is 17.9 Å². The number of hydrogen-bond donors (Lipinski definition) is 3. The molecule has 0 aliphatic rings. The number of rotatable bonds is 9. The quantitative estimate of drug-likeness (QED) is 0.423.